The van der Waals surface area contributed by atoms with E-state index in [0.717, 1.165) is 6.07 Å². The number of benzene rings is 1. The lowest BCUT2D eigenvalue weighted by molar-refractivity contribution is 0.0232. The number of aromatic nitrogens is 2. The number of hydrogen-bond acceptors (Lipinski definition) is 3. The molecule has 2 aromatic rings. The van der Waals surface area contributed by atoms with Crippen LogP contribution in [-0.4, -0.2) is 16.1 Å². The summed E-state index contributed by atoms with van der Waals surface area (Å²) in [7, 11) is 0. The Morgan fingerprint density at radius 1 is 1.45 bits per heavy atom. The third-order valence-corrected chi connectivity index (χ3v) is 3.31. The minimum absolute atomic E-state index is 0.135. The van der Waals surface area contributed by atoms with Gasteiger partial charge in [0.2, 0.25) is 0 Å². The van der Waals surface area contributed by atoms with Crippen LogP contribution in [0.4, 0.5) is 8.78 Å². The maximum atomic E-state index is 13.8. The van der Waals surface area contributed by atoms with Crippen LogP contribution in [0.25, 0.3) is 0 Å². The Balaban J connectivity index is 1.95. The second kappa shape index (κ2) is 4.68. The van der Waals surface area contributed by atoms with Crippen LogP contribution in [0.3, 0.4) is 0 Å². The van der Waals surface area contributed by atoms with Crippen molar-refractivity contribution >= 4 is 5.91 Å². The van der Waals surface area contributed by atoms with E-state index in [1.807, 2.05) is 0 Å². The first kappa shape index (κ1) is 12.7. The quantitative estimate of drug-likeness (QED) is 0.876. The van der Waals surface area contributed by atoms with E-state index in [4.69, 9.17) is 10.5 Å². The number of primary amides is 1. The van der Waals surface area contributed by atoms with Gasteiger partial charge in [0.05, 0.1) is 18.4 Å². The third-order valence-electron chi connectivity index (χ3n) is 3.31. The molecule has 0 saturated heterocycles. The highest BCUT2D eigenvalue weighted by atomic mass is 19.1. The lowest BCUT2D eigenvalue weighted by Gasteiger charge is -2.23. The summed E-state index contributed by atoms with van der Waals surface area (Å²) in [5, 5.41) is 6.50. The highest BCUT2D eigenvalue weighted by Crippen LogP contribution is 2.32. The Morgan fingerprint density at radius 3 is 2.95 bits per heavy atom. The zero-order valence-electron chi connectivity index (χ0n) is 10.3. The van der Waals surface area contributed by atoms with Gasteiger partial charge in [-0.3, -0.25) is 9.89 Å². The van der Waals surface area contributed by atoms with Crippen molar-refractivity contribution in [2.24, 2.45) is 5.73 Å². The normalized spacial score (nSPS) is 17.8. The van der Waals surface area contributed by atoms with Gasteiger partial charge in [0.1, 0.15) is 11.6 Å². The van der Waals surface area contributed by atoms with Crippen LogP contribution in [0, 0.1) is 11.6 Å². The summed E-state index contributed by atoms with van der Waals surface area (Å²) in [6.45, 7) is 0.164. The first-order valence-electron chi connectivity index (χ1n) is 5.98. The number of rotatable bonds is 2. The van der Waals surface area contributed by atoms with E-state index in [1.54, 1.807) is 0 Å². The van der Waals surface area contributed by atoms with Gasteiger partial charge >= 0.3 is 0 Å². The first-order valence-corrected chi connectivity index (χ1v) is 5.98. The monoisotopic (exact) mass is 279 g/mol. The minimum Gasteiger partial charge on any atom is -0.367 e. The summed E-state index contributed by atoms with van der Waals surface area (Å²) < 4.78 is 32.2. The fourth-order valence-electron chi connectivity index (χ4n) is 2.33. The Labute approximate surface area is 112 Å². The minimum atomic E-state index is -0.678. The van der Waals surface area contributed by atoms with Crippen LogP contribution in [0.2, 0.25) is 0 Å². The van der Waals surface area contributed by atoms with Gasteiger partial charge < -0.3 is 10.5 Å². The van der Waals surface area contributed by atoms with Crippen LogP contribution in [0.15, 0.2) is 18.2 Å². The van der Waals surface area contributed by atoms with Crippen LogP contribution in [0.5, 0.6) is 0 Å². The predicted octanol–water partition coefficient (Wildman–Crippen LogP) is 1.60. The van der Waals surface area contributed by atoms with Gasteiger partial charge in [-0.2, -0.15) is 5.10 Å². The number of amides is 1. The number of fused-ring (bicyclic) bond motifs is 1. The zero-order chi connectivity index (χ0) is 14.3. The van der Waals surface area contributed by atoms with Gasteiger partial charge in [-0.25, -0.2) is 8.78 Å². The number of H-pyrrole nitrogens is 1. The molecule has 0 fully saturated rings. The second-order valence-corrected chi connectivity index (χ2v) is 4.56. The maximum absolute atomic E-state index is 13.8. The predicted molar refractivity (Wildman–Crippen MR) is 64.7 cm³/mol. The summed E-state index contributed by atoms with van der Waals surface area (Å²) in [5.74, 6) is -1.98. The largest absolute Gasteiger partial charge is 0.367 e. The van der Waals surface area contributed by atoms with E-state index in [2.05, 4.69) is 10.2 Å². The Bertz CT molecular complexity index is 684. The molecule has 0 saturated carbocycles. The van der Waals surface area contributed by atoms with Gasteiger partial charge in [0, 0.05) is 23.6 Å². The highest BCUT2D eigenvalue weighted by molar-refractivity contribution is 5.92. The molecule has 1 aliphatic heterocycles. The molecule has 2 heterocycles. The molecule has 1 aromatic carbocycles. The van der Waals surface area contributed by atoms with Crippen molar-refractivity contribution in [3.63, 3.8) is 0 Å². The van der Waals surface area contributed by atoms with Gasteiger partial charge in [-0.15, -0.1) is 0 Å². The van der Waals surface area contributed by atoms with Crippen molar-refractivity contribution in [2.45, 2.75) is 19.1 Å². The molecule has 1 unspecified atom stereocenters. The Kier molecular flexibility index (Phi) is 2.98. The van der Waals surface area contributed by atoms with Gasteiger partial charge in [-0.05, 0) is 6.07 Å². The van der Waals surface area contributed by atoms with Crippen LogP contribution >= 0.6 is 0 Å². The summed E-state index contributed by atoms with van der Waals surface area (Å²) in [6.07, 6.45) is -0.342. The molecule has 0 spiro atoms. The molecule has 3 N–H and O–H groups in total. The van der Waals surface area contributed by atoms with Crippen molar-refractivity contribution in [2.75, 3.05) is 0 Å². The van der Waals surface area contributed by atoms with Crippen molar-refractivity contribution < 1.29 is 18.3 Å². The summed E-state index contributed by atoms with van der Waals surface area (Å²) >= 11 is 0. The number of nitrogens with two attached hydrogens (primary N) is 1. The van der Waals surface area contributed by atoms with Gasteiger partial charge in [0.25, 0.3) is 5.91 Å². The SMILES string of the molecule is NC(=O)c1n[nH]c2c1CC(c1ccc(F)cc1F)OC2. The number of carbonyl (C=O) groups is 1. The van der Waals surface area contributed by atoms with Crippen molar-refractivity contribution in [1.82, 2.24) is 10.2 Å². The van der Waals surface area contributed by atoms with Gasteiger partial charge in [-0.1, -0.05) is 6.07 Å². The molecule has 3 rings (SSSR count). The molecule has 0 aliphatic carbocycles. The molecule has 1 atom stereocenters. The maximum Gasteiger partial charge on any atom is 0.269 e. The fourth-order valence-corrected chi connectivity index (χ4v) is 2.33. The molecule has 1 amide bonds. The average molecular weight is 279 g/mol. The number of aromatic amines is 1. The van der Waals surface area contributed by atoms with E-state index in [0.29, 0.717) is 11.3 Å². The lowest BCUT2D eigenvalue weighted by atomic mass is 9.96. The average Bonchev–Trinajstić information content (AvgIpc) is 2.81. The fraction of sp³-hybridized carbons (Fsp3) is 0.231. The molecule has 1 aliphatic rings. The van der Waals surface area contributed by atoms with E-state index in [9.17, 15) is 13.6 Å². The van der Waals surface area contributed by atoms with Crippen molar-refractivity contribution in [1.29, 1.82) is 0 Å². The standard InChI is InChI=1S/C13H11F2N3O2/c14-6-1-2-7(9(15)3-6)11-4-8-10(5-20-11)17-18-12(8)13(16)19/h1-3,11H,4-5H2,(H2,16,19)(H,17,18). The molecule has 0 radical (unpaired) electrons. The van der Waals surface area contributed by atoms with E-state index >= 15 is 0 Å². The summed E-state index contributed by atoms with van der Waals surface area (Å²) in [5.41, 5.74) is 6.88. The number of ether oxygens (including phenoxy) is 1. The van der Waals surface area contributed by atoms with E-state index in [1.165, 1.54) is 12.1 Å². The highest BCUT2D eigenvalue weighted by Gasteiger charge is 2.28. The molecular weight excluding hydrogens is 268 g/mol. The summed E-state index contributed by atoms with van der Waals surface area (Å²) in [6, 6.07) is 3.31. The smallest absolute Gasteiger partial charge is 0.269 e. The molecule has 0 bridgehead atoms. The Hall–Kier alpha value is -2.28. The molecular formula is C13H11F2N3O2. The van der Waals surface area contributed by atoms with Crippen LogP contribution in [-0.2, 0) is 17.8 Å². The number of hydrogen-bond donors (Lipinski definition) is 2. The molecule has 5 nitrogen and oxygen atoms in total. The third kappa shape index (κ3) is 2.05. The molecule has 1 aromatic heterocycles. The number of carbonyl (C=O) groups excluding carboxylic acids is 1. The zero-order valence-corrected chi connectivity index (χ0v) is 10.3. The summed E-state index contributed by atoms with van der Waals surface area (Å²) in [4.78, 5) is 11.3. The van der Waals surface area contributed by atoms with E-state index in [-0.39, 0.29) is 24.3 Å². The topological polar surface area (TPSA) is 81.0 Å². The number of nitrogens with zero attached hydrogens (tertiary/aromatic N) is 1. The lowest BCUT2D eigenvalue weighted by Crippen LogP contribution is -2.20. The number of nitrogens with one attached hydrogen (secondary N) is 1. The molecule has 20 heavy (non-hydrogen) atoms. The van der Waals surface area contributed by atoms with Gasteiger partial charge in [0.15, 0.2) is 5.69 Å². The molecule has 104 valence electrons. The van der Waals surface area contributed by atoms with Crippen LogP contribution < -0.4 is 5.73 Å². The second-order valence-electron chi connectivity index (χ2n) is 4.56. The van der Waals surface area contributed by atoms with E-state index < -0.39 is 23.6 Å². The first-order chi connectivity index (χ1) is 9.56. The van der Waals surface area contributed by atoms with Crippen LogP contribution in [0.1, 0.15) is 33.4 Å². The molecule has 7 heteroatoms. The number of halogens is 2. The van der Waals surface area contributed by atoms with Crippen molar-refractivity contribution in [3.8, 4) is 0 Å². The Morgan fingerprint density at radius 2 is 2.25 bits per heavy atom. The van der Waals surface area contributed by atoms with Crippen molar-refractivity contribution in [3.05, 3.63) is 52.3 Å².